The largest absolute Gasteiger partial charge is 0.497 e. The number of rotatable bonds is 8. The van der Waals surface area contributed by atoms with E-state index in [0.29, 0.717) is 39.4 Å². The highest BCUT2D eigenvalue weighted by atomic mass is 32.1. The SMILES string of the molecule is COc1ccc(-c2nn(-c3ccccc3)cc2C(=O)Nc2nnc(CC(C)C)s2)c(OC)c1. The van der Waals surface area contributed by atoms with Crippen LogP contribution in [0, 0.1) is 5.92 Å². The molecule has 0 aliphatic rings. The minimum absolute atomic E-state index is 0.322. The van der Waals surface area contributed by atoms with Crippen molar-refractivity contribution in [3.05, 3.63) is 65.3 Å². The molecule has 0 saturated heterocycles. The van der Waals surface area contributed by atoms with Gasteiger partial charge >= 0.3 is 0 Å². The summed E-state index contributed by atoms with van der Waals surface area (Å²) < 4.78 is 12.6. The highest BCUT2D eigenvalue weighted by Crippen LogP contribution is 2.35. The predicted octanol–water partition coefficient (Wildman–Crippen LogP) is 4.86. The normalized spacial score (nSPS) is 10.9. The molecule has 0 aliphatic carbocycles. The molecule has 0 radical (unpaired) electrons. The standard InChI is InChI=1S/C24H25N5O3S/c1-15(2)12-21-26-27-24(33-21)25-23(30)19-14-29(16-8-6-5-7-9-16)28-22(19)18-11-10-17(31-3)13-20(18)32-4/h5-11,13-15H,12H2,1-4H3,(H,25,27,30). The van der Waals surface area contributed by atoms with Gasteiger partial charge in [0.05, 0.1) is 25.5 Å². The van der Waals surface area contributed by atoms with Gasteiger partial charge in [-0.05, 0) is 30.2 Å². The highest BCUT2D eigenvalue weighted by molar-refractivity contribution is 7.15. The van der Waals surface area contributed by atoms with Crippen LogP contribution in [0.4, 0.5) is 5.13 Å². The minimum atomic E-state index is -0.322. The number of nitrogens with zero attached hydrogens (tertiary/aromatic N) is 4. The zero-order valence-electron chi connectivity index (χ0n) is 18.9. The maximum absolute atomic E-state index is 13.3. The third kappa shape index (κ3) is 5.04. The van der Waals surface area contributed by atoms with Gasteiger partial charge in [-0.15, -0.1) is 10.2 Å². The summed E-state index contributed by atoms with van der Waals surface area (Å²) in [6.45, 7) is 4.23. The summed E-state index contributed by atoms with van der Waals surface area (Å²) >= 11 is 1.38. The first-order chi connectivity index (χ1) is 16.0. The first-order valence-corrected chi connectivity index (χ1v) is 11.3. The molecule has 0 fully saturated rings. The summed E-state index contributed by atoms with van der Waals surface area (Å²) in [6, 6.07) is 15.0. The van der Waals surface area contributed by atoms with E-state index in [9.17, 15) is 4.79 Å². The smallest absolute Gasteiger partial charge is 0.261 e. The summed E-state index contributed by atoms with van der Waals surface area (Å²) in [7, 11) is 3.16. The van der Waals surface area contributed by atoms with Gasteiger partial charge in [-0.25, -0.2) is 4.68 Å². The molecule has 0 saturated carbocycles. The van der Waals surface area contributed by atoms with E-state index in [1.54, 1.807) is 31.2 Å². The number of amides is 1. The van der Waals surface area contributed by atoms with Gasteiger partial charge in [-0.2, -0.15) is 5.10 Å². The average Bonchev–Trinajstić information content (AvgIpc) is 3.46. The summed E-state index contributed by atoms with van der Waals surface area (Å²) in [5.74, 6) is 1.34. The lowest BCUT2D eigenvalue weighted by atomic mass is 10.1. The molecule has 0 spiro atoms. The second kappa shape index (κ2) is 9.83. The van der Waals surface area contributed by atoms with E-state index in [1.807, 2.05) is 42.5 Å². The minimum Gasteiger partial charge on any atom is -0.497 e. The van der Waals surface area contributed by atoms with Gasteiger partial charge in [0.2, 0.25) is 5.13 Å². The molecule has 170 valence electrons. The second-order valence-corrected chi connectivity index (χ2v) is 8.85. The Kier molecular flexibility index (Phi) is 6.69. The van der Waals surface area contributed by atoms with E-state index >= 15 is 0 Å². The number of hydrogen-bond acceptors (Lipinski definition) is 7. The molecule has 0 aliphatic heterocycles. The molecule has 0 atom stereocenters. The van der Waals surface area contributed by atoms with Gasteiger partial charge in [-0.3, -0.25) is 10.1 Å². The summed E-state index contributed by atoms with van der Waals surface area (Å²) in [6.07, 6.45) is 2.52. The van der Waals surface area contributed by atoms with Crippen molar-refractivity contribution in [1.82, 2.24) is 20.0 Å². The Morgan fingerprint density at radius 2 is 1.88 bits per heavy atom. The van der Waals surface area contributed by atoms with E-state index in [1.165, 1.54) is 11.3 Å². The first kappa shape index (κ1) is 22.5. The Labute approximate surface area is 196 Å². The summed E-state index contributed by atoms with van der Waals surface area (Å²) in [4.78, 5) is 13.3. The van der Waals surface area contributed by atoms with Crippen molar-refractivity contribution in [2.24, 2.45) is 5.92 Å². The number of hydrogen-bond donors (Lipinski definition) is 1. The number of para-hydroxylation sites is 1. The molecule has 2 aromatic carbocycles. The van der Waals surface area contributed by atoms with E-state index in [0.717, 1.165) is 17.1 Å². The zero-order chi connectivity index (χ0) is 23.4. The van der Waals surface area contributed by atoms with Crippen LogP contribution in [-0.4, -0.2) is 40.1 Å². The topological polar surface area (TPSA) is 91.2 Å². The lowest BCUT2D eigenvalue weighted by Crippen LogP contribution is -2.12. The monoisotopic (exact) mass is 463 g/mol. The third-order valence-electron chi connectivity index (χ3n) is 4.91. The number of carbonyl (C=O) groups excluding carboxylic acids is 1. The molecule has 2 heterocycles. The lowest BCUT2D eigenvalue weighted by molar-refractivity contribution is 0.102. The Morgan fingerprint density at radius 3 is 2.58 bits per heavy atom. The van der Waals surface area contributed by atoms with Crippen molar-refractivity contribution >= 4 is 22.4 Å². The van der Waals surface area contributed by atoms with E-state index in [4.69, 9.17) is 14.6 Å². The van der Waals surface area contributed by atoms with Crippen LogP contribution >= 0.6 is 11.3 Å². The maximum atomic E-state index is 13.3. The number of nitrogens with one attached hydrogen (secondary N) is 1. The Morgan fingerprint density at radius 1 is 1.09 bits per heavy atom. The maximum Gasteiger partial charge on any atom is 0.261 e. The fraction of sp³-hybridized carbons (Fsp3) is 0.250. The molecule has 0 unspecified atom stereocenters. The molecule has 8 nitrogen and oxygen atoms in total. The summed E-state index contributed by atoms with van der Waals surface area (Å²) in [5.41, 5.74) is 2.39. The van der Waals surface area contributed by atoms with Crippen molar-refractivity contribution in [2.75, 3.05) is 19.5 Å². The van der Waals surface area contributed by atoms with Gasteiger partial charge in [0, 0.05) is 24.2 Å². The first-order valence-electron chi connectivity index (χ1n) is 10.5. The van der Waals surface area contributed by atoms with Gasteiger partial charge in [0.15, 0.2) is 0 Å². The van der Waals surface area contributed by atoms with Gasteiger partial charge in [0.1, 0.15) is 22.2 Å². The zero-order valence-corrected chi connectivity index (χ0v) is 19.7. The third-order valence-corrected chi connectivity index (χ3v) is 5.77. The number of ether oxygens (including phenoxy) is 2. The number of aromatic nitrogens is 4. The van der Waals surface area contributed by atoms with Crippen molar-refractivity contribution < 1.29 is 14.3 Å². The molecule has 33 heavy (non-hydrogen) atoms. The average molecular weight is 464 g/mol. The van der Waals surface area contributed by atoms with Crippen LogP contribution < -0.4 is 14.8 Å². The van der Waals surface area contributed by atoms with Crippen LogP contribution in [0.2, 0.25) is 0 Å². The Hall–Kier alpha value is -3.72. The molecule has 1 N–H and O–H groups in total. The predicted molar refractivity (Wildman–Crippen MR) is 129 cm³/mol. The number of anilines is 1. The van der Waals surface area contributed by atoms with Crippen LogP contribution in [0.1, 0.15) is 29.2 Å². The van der Waals surface area contributed by atoms with Gasteiger partial charge in [-0.1, -0.05) is 43.4 Å². The van der Waals surface area contributed by atoms with Gasteiger partial charge in [0.25, 0.3) is 5.91 Å². The molecular weight excluding hydrogens is 438 g/mol. The van der Waals surface area contributed by atoms with E-state index in [2.05, 4.69) is 29.4 Å². The molecule has 1 amide bonds. The van der Waals surface area contributed by atoms with Gasteiger partial charge < -0.3 is 9.47 Å². The van der Waals surface area contributed by atoms with Crippen LogP contribution in [0.5, 0.6) is 11.5 Å². The van der Waals surface area contributed by atoms with Crippen molar-refractivity contribution in [2.45, 2.75) is 20.3 Å². The molecule has 9 heteroatoms. The van der Waals surface area contributed by atoms with Crippen LogP contribution in [0.15, 0.2) is 54.7 Å². The van der Waals surface area contributed by atoms with E-state index < -0.39 is 0 Å². The van der Waals surface area contributed by atoms with Crippen molar-refractivity contribution in [3.63, 3.8) is 0 Å². The van der Waals surface area contributed by atoms with Crippen molar-refractivity contribution in [3.8, 4) is 28.4 Å². The molecule has 4 aromatic rings. The van der Waals surface area contributed by atoms with Crippen LogP contribution in [-0.2, 0) is 6.42 Å². The Balaban J connectivity index is 1.74. The number of methoxy groups -OCH3 is 2. The Bertz CT molecular complexity index is 1250. The molecule has 4 rings (SSSR count). The number of benzene rings is 2. The lowest BCUT2D eigenvalue weighted by Gasteiger charge is -2.10. The van der Waals surface area contributed by atoms with Crippen molar-refractivity contribution in [1.29, 1.82) is 0 Å². The fourth-order valence-electron chi connectivity index (χ4n) is 3.35. The highest BCUT2D eigenvalue weighted by Gasteiger charge is 2.23. The second-order valence-electron chi connectivity index (χ2n) is 7.79. The molecule has 2 aromatic heterocycles. The van der Waals surface area contributed by atoms with E-state index in [-0.39, 0.29) is 5.91 Å². The fourth-order valence-corrected chi connectivity index (χ4v) is 4.29. The van der Waals surface area contributed by atoms with Crippen LogP contribution in [0.25, 0.3) is 16.9 Å². The number of carbonyl (C=O) groups is 1. The quantitative estimate of drug-likeness (QED) is 0.401. The molecule has 0 bridgehead atoms. The van der Waals surface area contributed by atoms with Crippen LogP contribution in [0.3, 0.4) is 0 Å². The molecular formula is C24H25N5O3S. The summed E-state index contributed by atoms with van der Waals surface area (Å²) in [5, 5.41) is 17.2.